The molecular weight excluding hydrogens is 330 g/mol. The summed E-state index contributed by atoms with van der Waals surface area (Å²) in [6, 6.07) is 14.4. The highest BCUT2D eigenvalue weighted by Gasteiger charge is 2.13. The molecule has 0 aliphatic carbocycles. The number of nitrogens with one attached hydrogen (secondary N) is 3. The van der Waals surface area contributed by atoms with E-state index in [1.165, 1.54) is 0 Å². The third-order valence-corrected chi connectivity index (χ3v) is 3.63. The molecule has 0 aromatic heterocycles. The number of rotatable bonds is 7. The fourth-order valence-electron chi connectivity index (χ4n) is 2.41. The minimum absolute atomic E-state index is 0.0112. The molecular formula is C20H25N3O3. The van der Waals surface area contributed by atoms with Crippen LogP contribution in [0.5, 0.6) is 0 Å². The normalized spacial score (nSPS) is 10.5. The van der Waals surface area contributed by atoms with Crippen LogP contribution in [0.1, 0.15) is 35.3 Å². The summed E-state index contributed by atoms with van der Waals surface area (Å²) in [6.07, 6.45) is 0. The van der Waals surface area contributed by atoms with E-state index in [1.54, 1.807) is 31.4 Å². The van der Waals surface area contributed by atoms with E-state index < -0.39 is 0 Å². The van der Waals surface area contributed by atoms with Crippen molar-refractivity contribution in [3.05, 3.63) is 65.2 Å². The van der Waals surface area contributed by atoms with Gasteiger partial charge in [0.2, 0.25) is 0 Å². The van der Waals surface area contributed by atoms with Gasteiger partial charge in [-0.1, -0.05) is 36.4 Å². The zero-order valence-corrected chi connectivity index (χ0v) is 15.3. The lowest BCUT2D eigenvalue weighted by atomic mass is 10.1. The maximum Gasteiger partial charge on any atom is 0.319 e. The monoisotopic (exact) mass is 355 g/mol. The minimum Gasteiger partial charge on any atom is -0.380 e. The van der Waals surface area contributed by atoms with Gasteiger partial charge in [0.05, 0.1) is 17.9 Å². The Kier molecular flexibility index (Phi) is 7.17. The number of urea groups is 1. The highest BCUT2D eigenvalue weighted by molar-refractivity contribution is 6.03. The number of ether oxygens (including phenoxy) is 1. The number of benzene rings is 2. The van der Waals surface area contributed by atoms with Crippen LogP contribution in [0.4, 0.5) is 10.5 Å². The Morgan fingerprint density at radius 2 is 1.65 bits per heavy atom. The van der Waals surface area contributed by atoms with Gasteiger partial charge in [-0.25, -0.2) is 4.79 Å². The average molecular weight is 355 g/mol. The lowest BCUT2D eigenvalue weighted by Crippen LogP contribution is -2.35. The summed E-state index contributed by atoms with van der Waals surface area (Å²) in [5.41, 5.74) is 2.95. The molecule has 6 heteroatoms. The molecule has 0 saturated carbocycles. The van der Waals surface area contributed by atoms with E-state index in [4.69, 9.17) is 4.74 Å². The van der Waals surface area contributed by atoms with E-state index in [-0.39, 0.29) is 18.0 Å². The van der Waals surface area contributed by atoms with Crippen molar-refractivity contribution in [3.63, 3.8) is 0 Å². The molecule has 0 aliphatic heterocycles. The van der Waals surface area contributed by atoms with Crippen LogP contribution >= 0.6 is 0 Å². The average Bonchev–Trinajstić information content (AvgIpc) is 2.61. The molecule has 2 rings (SSSR count). The summed E-state index contributed by atoms with van der Waals surface area (Å²) in [5, 5.41) is 8.34. The Bertz CT molecular complexity index is 742. The highest BCUT2D eigenvalue weighted by Crippen LogP contribution is 2.15. The van der Waals surface area contributed by atoms with Gasteiger partial charge in [-0.15, -0.1) is 0 Å². The van der Waals surface area contributed by atoms with Gasteiger partial charge < -0.3 is 20.7 Å². The second-order valence-corrected chi connectivity index (χ2v) is 6.23. The Balaban J connectivity index is 1.99. The van der Waals surface area contributed by atoms with Crippen LogP contribution in [-0.4, -0.2) is 25.1 Å². The standard InChI is InChI=1S/C20H25N3O3/c1-14(2)22-20(25)23-18-7-5-4-6-17(18)19(24)21-12-15-8-10-16(11-9-15)13-26-3/h4-11,14H,12-13H2,1-3H3,(H,21,24)(H2,22,23,25). The topological polar surface area (TPSA) is 79.5 Å². The van der Waals surface area contributed by atoms with Crippen molar-refractivity contribution in [1.82, 2.24) is 10.6 Å². The van der Waals surface area contributed by atoms with Crippen molar-refractivity contribution < 1.29 is 14.3 Å². The summed E-state index contributed by atoms with van der Waals surface area (Å²) in [6.45, 7) is 4.70. The maximum atomic E-state index is 12.5. The lowest BCUT2D eigenvalue weighted by molar-refractivity contribution is 0.0952. The Hall–Kier alpha value is -2.86. The SMILES string of the molecule is COCc1ccc(CNC(=O)c2ccccc2NC(=O)NC(C)C)cc1. The molecule has 2 aromatic rings. The van der Waals surface area contributed by atoms with Crippen LogP contribution in [0.2, 0.25) is 0 Å². The van der Waals surface area contributed by atoms with E-state index in [0.717, 1.165) is 11.1 Å². The first-order valence-corrected chi connectivity index (χ1v) is 8.51. The molecule has 0 saturated heterocycles. The van der Waals surface area contributed by atoms with Gasteiger partial charge in [0.1, 0.15) is 0 Å². The van der Waals surface area contributed by atoms with E-state index in [0.29, 0.717) is 24.4 Å². The van der Waals surface area contributed by atoms with Gasteiger partial charge in [-0.2, -0.15) is 0 Å². The Morgan fingerprint density at radius 3 is 2.31 bits per heavy atom. The number of amides is 3. The number of hydrogen-bond acceptors (Lipinski definition) is 3. The Morgan fingerprint density at radius 1 is 1.00 bits per heavy atom. The van der Waals surface area contributed by atoms with Crippen LogP contribution in [-0.2, 0) is 17.9 Å². The molecule has 3 N–H and O–H groups in total. The number of carbonyl (C=O) groups excluding carboxylic acids is 2. The molecule has 138 valence electrons. The van der Waals surface area contributed by atoms with Gasteiger partial charge in [0.15, 0.2) is 0 Å². The summed E-state index contributed by atoms with van der Waals surface area (Å²) in [4.78, 5) is 24.4. The van der Waals surface area contributed by atoms with Gasteiger partial charge in [-0.05, 0) is 37.1 Å². The molecule has 0 heterocycles. The van der Waals surface area contributed by atoms with Crippen molar-refractivity contribution in [2.24, 2.45) is 0 Å². The van der Waals surface area contributed by atoms with E-state index in [9.17, 15) is 9.59 Å². The number of para-hydroxylation sites is 1. The fourth-order valence-corrected chi connectivity index (χ4v) is 2.41. The second kappa shape index (κ2) is 9.58. The van der Waals surface area contributed by atoms with Crippen LogP contribution in [0.25, 0.3) is 0 Å². The number of anilines is 1. The molecule has 0 unspecified atom stereocenters. The van der Waals surface area contributed by atoms with Crippen molar-refractivity contribution in [2.75, 3.05) is 12.4 Å². The molecule has 0 aliphatic rings. The molecule has 0 bridgehead atoms. The van der Waals surface area contributed by atoms with Gasteiger partial charge in [0.25, 0.3) is 5.91 Å². The largest absolute Gasteiger partial charge is 0.380 e. The third kappa shape index (κ3) is 5.89. The zero-order chi connectivity index (χ0) is 18.9. The number of carbonyl (C=O) groups is 2. The first-order chi connectivity index (χ1) is 12.5. The van der Waals surface area contributed by atoms with Gasteiger partial charge in [-0.3, -0.25) is 4.79 Å². The molecule has 0 fully saturated rings. The number of methoxy groups -OCH3 is 1. The van der Waals surface area contributed by atoms with E-state index >= 15 is 0 Å². The predicted molar refractivity (Wildman–Crippen MR) is 102 cm³/mol. The fraction of sp³-hybridized carbons (Fsp3) is 0.300. The van der Waals surface area contributed by atoms with E-state index in [2.05, 4.69) is 16.0 Å². The zero-order valence-electron chi connectivity index (χ0n) is 15.3. The van der Waals surface area contributed by atoms with E-state index in [1.807, 2.05) is 38.1 Å². The van der Waals surface area contributed by atoms with Gasteiger partial charge >= 0.3 is 6.03 Å². The first-order valence-electron chi connectivity index (χ1n) is 8.51. The highest BCUT2D eigenvalue weighted by atomic mass is 16.5. The summed E-state index contributed by atoms with van der Waals surface area (Å²) in [5.74, 6) is -0.244. The van der Waals surface area contributed by atoms with Gasteiger partial charge in [0, 0.05) is 19.7 Å². The molecule has 6 nitrogen and oxygen atoms in total. The van der Waals surface area contributed by atoms with Crippen LogP contribution in [0, 0.1) is 0 Å². The molecule has 26 heavy (non-hydrogen) atoms. The number of hydrogen-bond donors (Lipinski definition) is 3. The van der Waals surface area contributed by atoms with Crippen molar-refractivity contribution >= 4 is 17.6 Å². The first kappa shape index (κ1) is 19.5. The molecule has 0 spiro atoms. The Labute approximate surface area is 153 Å². The minimum atomic E-state index is -0.339. The van der Waals surface area contributed by atoms with Crippen LogP contribution < -0.4 is 16.0 Å². The quantitative estimate of drug-likeness (QED) is 0.713. The lowest BCUT2D eigenvalue weighted by Gasteiger charge is -2.13. The van der Waals surface area contributed by atoms with Crippen molar-refractivity contribution in [3.8, 4) is 0 Å². The van der Waals surface area contributed by atoms with Crippen molar-refractivity contribution in [2.45, 2.75) is 33.0 Å². The predicted octanol–water partition coefficient (Wildman–Crippen LogP) is 3.29. The molecule has 3 amide bonds. The van der Waals surface area contributed by atoms with Crippen LogP contribution in [0.15, 0.2) is 48.5 Å². The van der Waals surface area contributed by atoms with Crippen molar-refractivity contribution in [1.29, 1.82) is 0 Å². The molecule has 0 atom stereocenters. The third-order valence-electron chi connectivity index (χ3n) is 3.63. The summed E-state index contributed by atoms with van der Waals surface area (Å²) in [7, 11) is 1.65. The summed E-state index contributed by atoms with van der Waals surface area (Å²) >= 11 is 0. The van der Waals surface area contributed by atoms with Crippen LogP contribution in [0.3, 0.4) is 0 Å². The maximum absolute atomic E-state index is 12.5. The molecule has 2 aromatic carbocycles. The second-order valence-electron chi connectivity index (χ2n) is 6.23. The summed E-state index contributed by atoms with van der Waals surface area (Å²) < 4.78 is 5.08. The smallest absolute Gasteiger partial charge is 0.319 e. The molecule has 0 radical (unpaired) electrons.